The summed E-state index contributed by atoms with van der Waals surface area (Å²) in [6.07, 6.45) is 0.500. The van der Waals surface area contributed by atoms with E-state index in [-0.39, 0.29) is 28.3 Å². The van der Waals surface area contributed by atoms with Crippen LogP contribution in [0.25, 0.3) is 10.9 Å². The summed E-state index contributed by atoms with van der Waals surface area (Å²) in [6, 6.07) is 7.19. The van der Waals surface area contributed by atoms with E-state index in [1.165, 1.54) is 34.9 Å². The normalized spacial score (nSPS) is 12.3. The molecule has 0 aliphatic carbocycles. The number of fused-ring (bicyclic) bond motifs is 1. The maximum Gasteiger partial charge on any atom is 0.262 e. The Morgan fingerprint density at radius 2 is 1.90 bits per heavy atom. The molecule has 0 saturated carbocycles. The van der Waals surface area contributed by atoms with Crippen LogP contribution in [0.4, 0.5) is 4.39 Å². The Hall–Kier alpha value is -2.57. The van der Waals surface area contributed by atoms with E-state index in [9.17, 15) is 19.1 Å². The van der Waals surface area contributed by atoms with Crippen molar-refractivity contribution in [2.24, 2.45) is 5.73 Å². The van der Waals surface area contributed by atoms with Crippen LogP contribution in [-0.4, -0.2) is 21.5 Å². The molecule has 0 unspecified atom stereocenters. The van der Waals surface area contributed by atoms with Crippen molar-refractivity contribution in [3.63, 3.8) is 0 Å². The second kappa shape index (κ2) is 8.05. The summed E-state index contributed by atoms with van der Waals surface area (Å²) in [5, 5.41) is 10.6. The number of halogens is 3. The van der Waals surface area contributed by atoms with Gasteiger partial charge in [-0.1, -0.05) is 30.1 Å². The largest absolute Gasteiger partial charge is 0.505 e. The van der Waals surface area contributed by atoms with Crippen molar-refractivity contribution in [3.05, 3.63) is 63.0 Å². The van der Waals surface area contributed by atoms with Gasteiger partial charge in [-0.25, -0.2) is 4.39 Å². The van der Waals surface area contributed by atoms with Crippen molar-refractivity contribution in [2.75, 3.05) is 0 Å². The van der Waals surface area contributed by atoms with Crippen molar-refractivity contribution >= 4 is 45.9 Å². The summed E-state index contributed by atoms with van der Waals surface area (Å²) in [5.74, 6) is -2.48. The number of primary amides is 1. The van der Waals surface area contributed by atoms with Gasteiger partial charge in [0.05, 0.1) is 15.6 Å². The standard InChI is InChI=1S/C21H19Cl2FN2O3/c1-10(3-8-17(25)28)18-11(2)26(15-6-7-16(27)20(24)19(15)18)21(29)12-4-5-13(22)14(23)9-12/h4-7,9-10,27H,3,8H2,1-2H3,(H2,25,28)/t10-/m0/s1. The smallest absolute Gasteiger partial charge is 0.262 e. The fourth-order valence-corrected chi connectivity index (χ4v) is 3.90. The Morgan fingerprint density at radius 3 is 2.52 bits per heavy atom. The van der Waals surface area contributed by atoms with Crippen molar-refractivity contribution < 1.29 is 19.1 Å². The number of aromatic nitrogens is 1. The number of phenols is 1. The van der Waals surface area contributed by atoms with Crippen LogP contribution in [0.2, 0.25) is 10.0 Å². The molecule has 2 aromatic carbocycles. The van der Waals surface area contributed by atoms with Crippen LogP contribution in [0.1, 0.15) is 47.3 Å². The lowest BCUT2D eigenvalue weighted by Crippen LogP contribution is -2.14. The molecule has 152 valence electrons. The molecule has 1 atom stereocenters. The number of amides is 1. The van der Waals surface area contributed by atoms with Gasteiger partial charge in [0.1, 0.15) is 0 Å². The summed E-state index contributed by atoms with van der Waals surface area (Å²) >= 11 is 12.0. The highest BCUT2D eigenvalue weighted by Crippen LogP contribution is 2.38. The maximum atomic E-state index is 14.9. The number of nitrogens with two attached hydrogens (primary N) is 1. The molecular weight excluding hydrogens is 418 g/mol. The van der Waals surface area contributed by atoms with Gasteiger partial charge < -0.3 is 10.8 Å². The molecule has 1 amide bonds. The number of hydrogen-bond acceptors (Lipinski definition) is 3. The summed E-state index contributed by atoms with van der Waals surface area (Å²) in [7, 11) is 0. The molecule has 1 heterocycles. The molecule has 8 heteroatoms. The molecule has 3 N–H and O–H groups in total. The molecule has 29 heavy (non-hydrogen) atoms. The van der Waals surface area contributed by atoms with Crippen molar-refractivity contribution in [1.82, 2.24) is 4.57 Å². The van der Waals surface area contributed by atoms with Crippen LogP contribution < -0.4 is 5.73 Å². The van der Waals surface area contributed by atoms with Crippen LogP contribution in [0.3, 0.4) is 0 Å². The minimum absolute atomic E-state index is 0.119. The maximum absolute atomic E-state index is 14.9. The third-order valence-electron chi connectivity index (χ3n) is 5.02. The van der Waals surface area contributed by atoms with Gasteiger partial charge in [-0.15, -0.1) is 0 Å². The number of phenolic OH excluding ortho intramolecular Hbond substituents is 1. The summed E-state index contributed by atoms with van der Waals surface area (Å²) in [4.78, 5) is 24.4. The molecule has 3 rings (SSSR count). The average Bonchev–Trinajstić information content (AvgIpc) is 2.97. The van der Waals surface area contributed by atoms with E-state index < -0.39 is 23.4 Å². The fraction of sp³-hybridized carbons (Fsp3) is 0.238. The zero-order valence-corrected chi connectivity index (χ0v) is 17.3. The lowest BCUT2D eigenvalue weighted by atomic mass is 9.93. The number of benzene rings is 2. The van der Waals surface area contributed by atoms with Gasteiger partial charge in [0.2, 0.25) is 5.91 Å². The average molecular weight is 437 g/mol. The number of carbonyl (C=O) groups is 2. The molecule has 0 spiro atoms. The van der Waals surface area contributed by atoms with E-state index in [0.29, 0.717) is 28.2 Å². The second-order valence-corrected chi connectivity index (χ2v) is 7.78. The molecule has 3 aromatic rings. The van der Waals surface area contributed by atoms with Gasteiger partial charge in [0.25, 0.3) is 5.91 Å². The highest BCUT2D eigenvalue weighted by molar-refractivity contribution is 6.42. The molecule has 0 aliphatic rings. The minimum atomic E-state index is -0.813. The minimum Gasteiger partial charge on any atom is -0.505 e. The first kappa shape index (κ1) is 21.1. The van der Waals surface area contributed by atoms with Gasteiger partial charge in [-0.3, -0.25) is 14.2 Å². The predicted molar refractivity (Wildman–Crippen MR) is 111 cm³/mol. The van der Waals surface area contributed by atoms with Crippen LogP contribution in [0.15, 0.2) is 30.3 Å². The van der Waals surface area contributed by atoms with E-state index in [1.54, 1.807) is 6.92 Å². The third-order valence-corrected chi connectivity index (χ3v) is 5.76. The van der Waals surface area contributed by atoms with Gasteiger partial charge in [0.15, 0.2) is 11.6 Å². The zero-order chi connectivity index (χ0) is 21.5. The van der Waals surface area contributed by atoms with Crippen LogP contribution in [-0.2, 0) is 4.79 Å². The topological polar surface area (TPSA) is 85.3 Å². The van der Waals surface area contributed by atoms with Crippen LogP contribution in [0.5, 0.6) is 5.75 Å². The van der Waals surface area contributed by atoms with Gasteiger partial charge in [0, 0.05) is 23.1 Å². The number of nitrogens with zero attached hydrogens (tertiary/aromatic N) is 1. The van der Waals surface area contributed by atoms with Gasteiger partial charge in [-0.05, 0) is 55.2 Å². The Balaban J connectivity index is 2.23. The molecular formula is C21H19Cl2FN2O3. The van der Waals surface area contributed by atoms with Gasteiger partial charge >= 0.3 is 0 Å². The summed E-state index contributed by atoms with van der Waals surface area (Å²) in [6.45, 7) is 3.52. The van der Waals surface area contributed by atoms with Crippen molar-refractivity contribution in [3.8, 4) is 5.75 Å². The SMILES string of the molecule is Cc1c([C@@H](C)CCC(N)=O)c2c(F)c(O)ccc2n1C(=O)c1ccc(Cl)c(Cl)c1. The lowest BCUT2D eigenvalue weighted by molar-refractivity contribution is -0.118. The predicted octanol–water partition coefficient (Wildman–Crippen LogP) is 5.16. The van der Waals surface area contributed by atoms with Crippen molar-refractivity contribution in [1.29, 1.82) is 0 Å². The van der Waals surface area contributed by atoms with E-state index in [1.807, 2.05) is 6.92 Å². The van der Waals surface area contributed by atoms with Crippen LogP contribution in [0, 0.1) is 12.7 Å². The Bertz CT molecular complexity index is 1140. The number of hydrogen-bond donors (Lipinski definition) is 2. The molecule has 0 bridgehead atoms. The fourth-order valence-electron chi connectivity index (χ4n) is 3.61. The zero-order valence-electron chi connectivity index (χ0n) is 15.8. The van der Waals surface area contributed by atoms with E-state index in [2.05, 4.69) is 0 Å². The lowest BCUT2D eigenvalue weighted by Gasteiger charge is -2.13. The van der Waals surface area contributed by atoms with Crippen molar-refractivity contribution in [2.45, 2.75) is 32.6 Å². The quantitative estimate of drug-likeness (QED) is 0.578. The highest BCUT2D eigenvalue weighted by atomic mass is 35.5. The Labute approximate surface area is 176 Å². The monoisotopic (exact) mass is 436 g/mol. The molecule has 1 aromatic heterocycles. The second-order valence-electron chi connectivity index (χ2n) is 6.97. The highest BCUT2D eigenvalue weighted by Gasteiger charge is 2.26. The molecule has 0 radical (unpaired) electrons. The molecule has 5 nitrogen and oxygen atoms in total. The Morgan fingerprint density at radius 1 is 1.21 bits per heavy atom. The van der Waals surface area contributed by atoms with E-state index >= 15 is 0 Å². The first-order valence-electron chi connectivity index (χ1n) is 8.93. The van der Waals surface area contributed by atoms with E-state index in [0.717, 1.165) is 0 Å². The molecule has 0 aliphatic heterocycles. The number of aromatic hydroxyl groups is 1. The molecule has 0 saturated heterocycles. The third kappa shape index (κ3) is 3.82. The number of carbonyl (C=O) groups excluding carboxylic acids is 2. The first-order valence-corrected chi connectivity index (χ1v) is 9.69. The summed E-state index contributed by atoms with van der Waals surface area (Å²) in [5.41, 5.74) is 6.90. The summed E-state index contributed by atoms with van der Waals surface area (Å²) < 4.78 is 16.3. The first-order chi connectivity index (χ1) is 13.6. The molecule has 0 fully saturated rings. The number of rotatable bonds is 5. The van der Waals surface area contributed by atoms with E-state index in [4.69, 9.17) is 28.9 Å². The van der Waals surface area contributed by atoms with Gasteiger partial charge in [-0.2, -0.15) is 0 Å². The van der Waals surface area contributed by atoms with Crippen LogP contribution >= 0.6 is 23.2 Å². The Kier molecular flexibility index (Phi) is 5.87.